The molecule has 1 saturated heterocycles. The van der Waals surface area contributed by atoms with Gasteiger partial charge in [-0.1, -0.05) is 6.58 Å². The number of hydrogen-bond donors (Lipinski definition) is 0. The lowest BCUT2D eigenvalue weighted by Crippen LogP contribution is -2.50. The van der Waals surface area contributed by atoms with E-state index in [0.717, 1.165) is 13.0 Å². The lowest BCUT2D eigenvalue weighted by Gasteiger charge is -2.36. The summed E-state index contributed by atoms with van der Waals surface area (Å²) in [5.74, 6) is -2.52. The molecule has 2 aromatic heterocycles. The summed E-state index contributed by atoms with van der Waals surface area (Å²) in [6.45, 7) is 14.8. The van der Waals surface area contributed by atoms with Crippen molar-refractivity contribution >= 4 is 34.6 Å². The van der Waals surface area contributed by atoms with Crippen LogP contribution in [0, 0.1) is 12.7 Å². The number of carbonyl (C=O) groups is 3. The third-order valence-electron chi connectivity index (χ3n) is 8.30. The Hall–Kier alpha value is -4.46. The highest BCUT2D eigenvalue weighted by atomic mass is 19.3. The zero-order chi connectivity index (χ0) is 34.6. The third kappa shape index (κ3) is 6.30. The zero-order valence-electron chi connectivity index (χ0n) is 27.2. The van der Waals surface area contributed by atoms with Crippen molar-refractivity contribution in [2.45, 2.75) is 97.5 Å². The number of nitrogens with zero attached hydrogens (tertiary/aromatic N) is 4. The Morgan fingerprint density at radius 2 is 1.85 bits per heavy atom. The molecule has 4 heterocycles. The Bertz CT molecular complexity index is 1770. The molecule has 0 radical (unpaired) electrons. The van der Waals surface area contributed by atoms with Gasteiger partial charge in [0.1, 0.15) is 29.5 Å². The van der Waals surface area contributed by atoms with Crippen molar-refractivity contribution in [3.8, 4) is 0 Å². The molecule has 0 saturated carbocycles. The van der Waals surface area contributed by atoms with Crippen LogP contribution in [0.2, 0.25) is 0 Å². The SMILES string of the molecule is C=C(c1cc(C(F)F)c(F)c2c1CN(C(=O)OC(C)(C)C)CC2)[C@H]1O[C@@H](n2ccc3c(C)ncnc32)[C@H](OC(C)=O)[C@]1(C)OC(C)=O. The predicted molar refractivity (Wildman–Crippen MR) is 163 cm³/mol. The molecular formula is C33H37F3N4O7. The van der Waals surface area contributed by atoms with E-state index in [4.69, 9.17) is 18.9 Å². The topological polar surface area (TPSA) is 122 Å². The smallest absolute Gasteiger partial charge is 0.410 e. The van der Waals surface area contributed by atoms with Crippen LogP contribution in [0.5, 0.6) is 0 Å². The zero-order valence-corrected chi connectivity index (χ0v) is 27.2. The van der Waals surface area contributed by atoms with Gasteiger partial charge in [-0.05, 0) is 75.4 Å². The van der Waals surface area contributed by atoms with E-state index >= 15 is 4.39 Å². The molecule has 3 aromatic rings. The first-order valence-corrected chi connectivity index (χ1v) is 15.0. The van der Waals surface area contributed by atoms with Gasteiger partial charge in [0.25, 0.3) is 6.43 Å². The summed E-state index contributed by atoms with van der Waals surface area (Å²) in [5, 5.41) is 0.686. The summed E-state index contributed by atoms with van der Waals surface area (Å²) in [5.41, 5.74) is -1.97. The second-order valence-electron chi connectivity index (χ2n) is 12.9. The number of esters is 2. The van der Waals surface area contributed by atoms with E-state index in [1.165, 1.54) is 25.1 Å². The molecule has 0 bridgehead atoms. The Labute approximate surface area is 269 Å². The molecule has 1 fully saturated rings. The maximum Gasteiger partial charge on any atom is 0.410 e. The van der Waals surface area contributed by atoms with Crippen LogP contribution in [0.15, 0.2) is 31.2 Å². The van der Waals surface area contributed by atoms with E-state index in [0.29, 0.717) is 16.7 Å². The molecular weight excluding hydrogens is 621 g/mol. The van der Waals surface area contributed by atoms with Gasteiger partial charge in [0.05, 0.1) is 11.3 Å². The monoisotopic (exact) mass is 658 g/mol. The van der Waals surface area contributed by atoms with E-state index in [2.05, 4.69) is 16.5 Å². The highest BCUT2D eigenvalue weighted by Crippen LogP contribution is 2.49. The summed E-state index contributed by atoms with van der Waals surface area (Å²) in [7, 11) is 0. The van der Waals surface area contributed by atoms with Crippen LogP contribution < -0.4 is 0 Å². The van der Waals surface area contributed by atoms with Crippen molar-refractivity contribution in [3.63, 3.8) is 0 Å². The number of aryl methyl sites for hydroxylation is 1. The number of aromatic nitrogens is 3. The molecule has 1 aromatic carbocycles. The van der Waals surface area contributed by atoms with Crippen molar-refractivity contribution in [3.05, 3.63) is 65.0 Å². The molecule has 0 unspecified atom stereocenters. The molecule has 47 heavy (non-hydrogen) atoms. The predicted octanol–water partition coefficient (Wildman–Crippen LogP) is 5.97. The number of rotatable bonds is 6. The fourth-order valence-electron chi connectivity index (χ4n) is 6.30. The minimum absolute atomic E-state index is 0.00242. The quantitative estimate of drug-likeness (QED) is 0.233. The van der Waals surface area contributed by atoms with Gasteiger partial charge in [0.2, 0.25) is 0 Å². The van der Waals surface area contributed by atoms with E-state index in [-0.39, 0.29) is 41.8 Å². The molecule has 1 amide bonds. The minimum atomic E-state index is -3.17. The van der Waals surface area contributed by atoms with Gasteiger partial charge in [0.15, 0.2) is 17.9 Å². The Kier molecular flexibility index (Phi) is 8.86. The van der Waals surface area contributed by atoms with Gasteiger partial charge in [-0.2, -0.15) is 0 Å². The summed E-state index contributed by atoms with van der Waals surface area (Å²) in [6.07, 6.45) is -4.61. The number of ether oxygens (including phenoxy) is 4. The first-order chi connectivity index (χ1) is 21.9. The molecule has 2 aliphatic rings. The Morgan fingerprint density at radius 1 is 1.15 bits per heavy atom. The maximum atomic E-state index is 15.6. The van der Waals surface area contributed by atoms with E-state index < -0.39 is 65.5 Å². The van der Waals surface area contributed by atoms with Gasteiger partial charge in [-0.15, -0.1) is 0 Å². The highest BCUT2D eigenvalue weighted by Gasteiger charge is 2.60. The van der Waals surface area contributed by atoms with E-state index in [9.17, 15) is 23.2 Å². The van der Waals surface area contributed by atoms with Gasteiger partial charge >= 0.3 is 18.0 Å². The van der Waals surface area contributed by atoms with Gasteiger partial charge in [-0.25, -0.2) is 27.9 Å². The molecule has 4 atom stereocenters. The van der Waals surface area contributed by atoms with Crippen molar-refractivity contribution in [1.82, 2.24) is 19.4 Å². The normalized spacial score (nSPS) is 22.7. The standard InChI is InChI=1S/C33H37F3N4O7/c1-16(22-13-23(28(35)36)25(34)21-9-11-39(14-24(21)22)31(43)47-32(5,6)7)26-33(8,46-19(4)42)27(44-18(3)41)30(45-26)40-12-10-20-17(2)37-15-38-29(20)40/h10,12-13,15,26-28,30H,1,9,11,14H2,2-8H3/t26-,27+,30-,33-/m1/s1. The van der Waals surface area contributed by atoms with Crippen LogP contribution in [0.1, 0.15) is 82.1 Å². The second kappa shape index (κ2) is 12.3. The molecule has 252 valence electrons. The van der Waals surface area contributed by atoms with Crippen LogP contribution in [-0.2, 0) is 41.5 Å². The minimum Gasteiger partial charge on any atom is -0.453 e. The lowest BCUT2D eigenvalue weighted by atomic mass is 9.82. The molecule has 2 aliphatic heterocycles. The molecule has 0 N–H and O–H groups in total. The Morgan fingerprint density at radius 3 is 2.47 bits per heavy atom. The number of halogens is 3. The first kappa shape index (κ1) is 33.9. The number of benzene rings is 1. The van der Waals surface area contributed by atoms with Gasteiger partial charge < -0.3 is 28.4 Å². The summed E-state index contributed by atoms with van der Waals surface area (Å²) in [6, 6.07) is 2.73. The van der Waals surface area contributed by atoms with Crippen molar-refractivity contribution < 1.29 is 46.5 Å². The molecule has 5 rings (SSSR count). The third-order valence-corrected chi connectivity index (χ3v) is 8.30. The number of carbonyl (C=O) groups excluding carboxylic acids is 3. The highest BCUT2D eigenvalue weighted by molar-refractivity contribution is 5.79. The van der Waals surface area contributed by atoms with Crippen LogP contribution in [-0.4, -0.2) is 67.4 Å². The van der Waals surface area contributed by atoms with Crippen molar-refractivity contribution in [2.75, 3.05) is 6.54 Å². The average Bonchev–Trinajstić information content (AvgIpc) is 3.50. The average molecular weight is 659 g/mol. The molecule has 11 nitrogen and oxygen atoms in total. The summed E-state index contributed by atoms with van der Waals surface area (Å²) < 4.78 is 69.3. The van der Waals surface area contributed by atoms with Gasteiger partial charge in [-0.3, -0.25) is 9.59 Å². The second-order valence-corrected chi connectivity index (χ2v) is 12.9. The van der Waals surface area contributed by atoms with Crippen molar-refractivity contribution in [2.24, 2.45) is 0 Å². The van der Waals surface area contributed by atoms with Crippen molar-refractivity contribution in [1.29, 1.82) is 0 Å². The Balaban J connectivity index is 1.66. The lowest BCUT2D eigenvalue weighted by molar-refractivity contribution is -0.179. The number of amides is 1. The van der Waals surface area contributed by atoms with Crippen LogP contribution in [0.4, 0.5) is 18.0 Å². The number of alkyl halides is 2. The number of hydrogen-bond acceptors (Lipinski definition) is 9. The number of fused-ring (bicyclic) bond motifs is 2. The summed E-state index contributed by atoms with van der Waals surface area (Å²) >= 11 is 0. The van der Waals surface area contributed by atoms with Crippen LogP contribution >= 0.6 is 0 Å². The van der Waals surface area contributed by atoms with Crippen LogP contribution in [0.3, 0.4) is 0 Å². The molecule has 0 aliphatic carbocycles. The largest absolute Gasteiger partial charge is 0.453 e. The van der Waals surface area contributed by atoms with E-state index in [1.54, 1.807) is 44.5 Å². The first-order valence-electron chi connectivity index (χ1n) is 15.0. The fraction of sp³-hybridized carbons (Fsp3) is 0.485. The van der Waals surface area contributed by atoms with Gasteiger partial charge in [0, 0.05) is 38.5 Å². The maximum absolute atomic E-state index is 15.6. The van der Waals surface area contributed by atoms with E-state index in [1.807, 2.05) is 0 Å². The summed E-state index contributed by atoms with van der Waals surface area (Å²) in [4.78, 5) is 48.0. The fourth-order valence-corrected chi connectivity index (χ4v) is 6.30. The molecule has 14 heteroatoms. The molecule has 0 spiro atoms. The van der Waals surface area contributed by atoms with Crippen LogP contribution in [0.25, 0.3) is 16.6 Å².